The number of fused-ring (bicyclic) bond motifs is 2. The quantitative estimate of drug-likeness (QED) is 0.709. The summed E-state index contributed by atoms with van der Waals surface area (Å²) in [5, 5.41) is 15.6. The minimum atomic E-state index is -0.138. The van der Waals surface area contributed by atoms with E-state index in [9.17, 15) is 0 Å². The number of allylic oxidation sites excluding steroid dienone is 2. The van der Waals surface area contributed by atoms with Gasteiger partial charge in [-0.25, -0.2) is 4.85 Å². The fourth-order valence-electron chi connectivity index (χ4n) is 3.40. The van der Waals surface area contributed by atoms with Crippen LogP contribution in [-0.4, -0.2) is 15.4 Å². The molecule has 2 N–H and O–H groups in total. The summed E-state index contributed by atoms with van der Waals surface area (Å²) in [6, 6.07) is 5.92. The lowest BCUT2D eigenvalue weighted by atomic mass is 9.84. The Balaban J connectivity index is 1.80. The van der Waals surface area contributed by atoms with E-state index in [0.29, 0.717) is 5.92 Å². The van der Waals surface area contributed by atoms with Gasteiger partial charge in [0.25, 0.3) is 0 Å². The van der Waals surface area contributed by atoms with Gasteiger partial charge in [0.1, 0.15) is 17.6 Å². The fourth-order valence-corrected chi connectivity index (χ4v) is 3.40. The molecule has 1 aromatic carbocycles. The van der Waals surface area contributed by atoms with Gasteiger partial charge in [0.2, 0.25) is 0 Å². The first kappa shape index (κ1) is 12.5. The molecular weight excluding hydrogens is 290 g/mol. The average Bonchev–Trinajstić information content (AvgIpc) is 3.12. The van der Waals surface area contributed by atoms with Crippen LogP contribution in [0.15, 0.2) is 46.6 Å². The Morgan fingerprint density at radius 2 is 2.17 bits per heavy atom. The van der Waals surface area contributed by atoms with E-state index in [-0.39, 0.29) is 5.92 Å². The maximum Gasteiger partial charge on any atom is 0.196 e. The summed E-state index contributed by atoms with van der Waals surface area (Å²) in [4.78, 5) is 3.89. The average molecular weight is 303 g/mol. The maximum absolute atomic E-state index is 7.75. The Bertz CT molecular complexity index is 986. The molecule has 1 aliphatic heterocycles. The molecule has 1 unspecified atom stereocenters. The highest BCUT2D eigenvalue weighted by molar-refractivity contribution is 5.84. The van der Waals surface area contributed by atoms with Crippen molar-refractivity contribution in [1.29, 1.82) is 0 Å². The standard InChI is InChI=1S/C17H13N5O/c1-18-16-14(10-3-2-4-13-12(10)8-23-22-13)11-7-19-21-17(11)20-15(16)9-5-6-9/h2-4,7-9,14H,5-6H2,(H2,19,20,21). The van der Waals surface area contributed by atoms with Gasteiger partial charge in [0, 0.05) is 16.6 Å². The first-order valence-corrected chi connectivity index (χ1v) is 7.61. The Hall–Kier alpha value is -3.07. The van der Waals surface area contributed by atoms with Gasteiger partial charge in [0.15, 0.2) is 5.70 Å². The third-order valence-electron chi connectivity index (χ3n) is 4.64. The number of anilines is 1. The molecule has 0 saturated heterocycles. The molecule has 0 radical (unpaired) electrons. The number of nitrogens with one attached hydrogen (secondary N) is 2. The molecule has 6 nitrogen and oxygen atoms in total. The maximum atomic E-state index is 7.75. The van der Waals surface area contributed by atoms with Crippen LogP contribution in [0.5, 0.6) is 0 Å². The highest BCUT2D eigenvalue weighted by Gasteiger charge is 2.38. The fraction of sp³-hybridized carbons (Fsp3) is 0.235. The van der Waals surface area contributed by atoms with E-state index in [1.165, 1.54) is 0 Å². The molecule has 3 aromatic rings. The lowest BCUT2D eigenvalue weighted by Crippen LogP contribution is -2.18. The van der Waals surface area contributed by atoms with Crippen molar-refractivity contribution in [2.75, 3.05) is 5.32 Å². The normalized spacial score (nSPS) is 20.2. The van der Waals surface area contributed by atoms with Gasteiger partial charge in [-0.2, -0.15) is 5.10 Å². The van der Waals surface area contributed by atoms with Crippen LogP contribution in [-0.2, 0) is 0 Å². The Kier molecular flexibility index (Phi) is 2.42. The van der Waals surface area contributed by atoms with E-state index < -0.39 is 0 Å². The second kappa shape index (κ2) is 4.46. The van der Waals surface area contributed by atoms with E-state index in [1.54, 1.807) is 12.5 Å². The summed E-state index contributed by atoms with van der Waals surface area (Å²) in [6.07, 6.45) is 5.73. The zero-order valence-corrected chi connectivity index (χ0v) is 12.2. The topological polar surface area (TPSA) is 71.1 Å². The van der Waals surface area contributed by atoms with Gasteiger partial charge in [-0.05, 0) is 30.4 Å². The lowest BCUT2D eigenvalue weighted by Gasteiger charge is -2.26. The number of nitrogens with zero attached hydrogens (tertiary/aromatic N) is 3. The number of rotatable bonds is 2. The minimum absolute atomic E-state index is 0.138. The number of hydrogen-bond acceptors (Lipinski definition) is 4. The van der Waals surface area contributed by atoms with Crippen molar-refractivity contribution >= 4 is 16.7 Å². The highest BCUT2D eigenvalue weighted by Crippen LogP contribution is 2.49. The second-order valence-electron chi connectivity index (χ2n) is 6.04. The van der Waals surface area contributed by atoms with Gasteiger partial charge in [-0.15, -0.1) is 0 Å². The molecule has 1 atom stereocenters. The van der Waals surface area contributed by atoms with Crippen LogP contribution in [0, 0.1) is 12.5 Å². The summed E-state index contributed by atoms with van der Waals surface area (Å²) in [5.74, 6) is 1.21. The number of hydrogen-bond donors (Lipinski definition) is 2. The third kappa shape index (κ3) is 1.73. The van der Waals surface area contributed by atoms with Crippen molar-refractivity contribution in [1.82, 2.24) is 15.4 Å². The molecule has 23 heavy (non-hydrogen) atoms. The van der Waals surface area contributed by atoms with Crippen molar-refractivity contribution in [2.24, 2.45) is 5.92 Å². The zero-order chi connectivity index (χ0) is 15.4. The van der Waals surface area contributed by atoms with Crippen molar-refractivity contribution in [2.45, 2.75) is 18.8 Å². The van der Waals surface area contributed by atoms with Crippen LogP contribution in [0.1, 0.15) is 29.9 Å². The highest BCUT2D eigenvalue weighted by atomic mass is 16.5. The predicted octanol–water partition coefficient (Wildman–Crippen LogP) is 3.65. The lowest BCUT2D eigenvalue weighted by molar-refractivity contribution is 0.428. The zero-order valence-electron chi connectivity index (χ0n) is 12.2. The Morgan fingerprint density at radius 1 is 1.26 bits per heavy atom. The molecule has 6 heteroatoms. The Morgan fingerprint density at radius 3 is 3.00 bits per heavy atom. The molecule has 3 heterocycles. The molecule has 112 valence electrons. The Labute approximate surface area is 132 Å². The van der Waals surface area contributed by atoms with E-state index in [1.807, 2.05) is 18.2 Å². The van der Waals surface area contributed by atoms with E-state index in [0.717, 1.165) is 52.1 Å². The molecule has 0 bridgehead atoms. The summed E-state index contributed by atoms with van der Waals surface area (Å²) >= 11 is 0. The SMILES string of the molecule is [C-]#[N+]C1=C(C2CC2)Nc2[nH]ncc2C1c1cccc2nocc12. The first-order chi connectivity index (χ1) is 11.4. The van der Waals surface area contributed by atoms with Crippen LogP contribution in [0.3, 0.4) is 0 Å². The molecule has 5 rings (SSSR count). The van der Waals surface area contributed by atoms with Crippen molar-refractivity contribution in [3.05, 3.63) is 64.6 Å². The van der Waals surface area contributed by atoms with E-state index in [4.69, 9.17) is 11.1 Å². The van der Waals surface area contributed by atoms with Crippen molar-refractivity contribution < 1.29 is 4.52 Å². The van der Waals surface area contributed by atoms with E-state index >= 15 is 0 Å². The molecule has 1 fully saturated rings. The summed E-state index contributed by atoms with van der Waals surface area (Å²) < 4.78 is 5.14. The minimum Gasteiger partial charge on any atom is -0.363 e. The monoisotopic (exact) mass is 303 g/mol. The smallest absolute Gasteiger partial charge is 0.196 e. The number of aromatic nitrogens is 3. The summed E-state index contributed by atoms with van der Waals surface area (Å²) in [5.41, 5.74) is 4.64. The predicted molar refractivity (Wildman–Crippen MR) is 84.4 cm³/mol. The first-order valence-electron chi connectivity index (χ1n) is 7.61. The van der Waals surface area contributed by atoms with Gasteiger partial charge in [-0.3, -0.25) is 5.10 Å². The molecule has 0 amide bonds. The molecule has 2 aliphatic rings. The molecule has 1 aliphatic carbocycles. The van der Waals surface area contributed by atoms with E-state index in [2.05, 4.69) is 25.5 Å². The van der Waals surface area contributed by atoms with Crippen LogP contribution in [0.4, 0.5) is 5.82 Å². The molecule has 2 aromatic heterocycles. The second-order valence-corrected chi connectivity index (χ2v) is 6.04. The van der Waals surface area contributed by atoms with Crippen LogP contribution in [0.2, 0.25) is 0 Å². The van der Waals surface area contributed by atoms with Crippen LogP contribution in [0.25, 0.3) is 15.7 Å². The van der Waals surface area contributed by atoms with Gasteiger partial charge in [-0.1, -0.05) is 17.3 Å². The van der Waals surface area contributed by atoms with Crippen molar-refractivity contribution in [3.63, 3.8) is 0 Å². The number of aromatic amines is 1. The molecule has 0 spiro atoms. The van der Waals surface area contributed by atoms with Gasteiger partial charge >= 0.3 is 0 Å². The largest absolute Gasteiger partial charge is 0.363 e. The summed E-state index contributed by atoms with van der Waals surface area (Å²) in [6.45, 7) is 7.75. The van der Waals surface area contributed by atoms with Crippen LogP contribution < -0.4 is 5.32 Å². The summed E-state index contributed by atoms with van der Waals surface area (Å²) in [7, 11) is 0. The molecule has 1 saturated carbocycles. The molecular formula is C17H13N5O. The van der Waals surface area contributed by atoms with Crippen molar-refractivity contribution in [3.8, 4) is 0 Å². The number of H-pyrrole nitrogens is 1. The third-order valence-corrected chi connectivity index (χ3v) is 4.64. The number of benzene rings is 1. The van der Waals surface area contributed by atoms with Gasteiger partial charge in [0.05, 0.1) is 18.7 Å². The van der Waals surface area contributed by atoms with Gasteiger partial charge < -0.3 is 9.84 Å². The van der Waals surface area contributed by atoms with Crippen LogP contribution >= 0.6 is 0 Å².